The molecule has 30 heavy (non-hydrogen) atoms. The van der Waals surface area contributed by atoms with Crippen LogP contribution in [0.25, 0.3) is 0 Å². The van der Waals surface area contributed by atoms with Crippen molar-refractivity contribution in [1.29, 1.82) is 0 Å². The summed E-state index contributed by atoms with van der Waals surface area (Å²) in [5.74, 6) is 1.41. The average molecular weight is 403 g/mol. The van der Waals surface area contributed by atoms with Crippen LogP contribution in [0.4, 0.5) is 5.69 Å². The number of fused-ring (bicyclic) bond motifs is 1. The second-order valence-electron chi connectivity index (χ2n) is 6.83. The molecule has 1 aliphatic heterocycles. The van der Waals surface area contributed by atoms with Crippen molar-refractivity contribution < 1.29 is 23.8 Å². The molecule has 3 aromatic carbocycles. The molecule has 0 saturated heterocycles. The largest absolute Gasteiger partial charge is 0.486 e. The fraction of sp³-hybridized carbons (Fsp3) is 0.167. The van der Waals surface area contributed by atoms with E-state index in [0.29, 0.717) is 47.3 Å². The second-order valence-corrected chi connectivity index (χ2v) is 6.83. The lowest BCUT2D eigenvalue weighted by atomic mass is 10.0. The van der Waals surface area contributed by atoms with Crippen LogP contribution in [0.3, 0.4) is 0 Å². The molecule has 6 heteroatoms. The van der Waals surface area contributed by atoms with Crippen LogP contribution in [0.5, 0.6) is 17.2 Å². The number of ether oxygens (including phenoxy) is 3. The third-order valence-electron chi connectivity index (χ3n) is 4.64. The van der Waals surface area contributed by atoms with Gasteiger partial charge in [0.2, 0.25) is 0 Å². The fourth-order valence-electron chi connectivity index (χ4n) is 3.06. The summed E-state index contributed by atoms with van der Waals surface area (Å²) in [6.45, 7) is 2.66. The minimum absolute atomic E-state index is 0.0634. The molecule has 0 unspecified atom stereocenters. The Labute approximate surface area is 174 Å². The predicted octanol–water partition coefficient (Wildman–Crippen LogP) is 4.09. The van der Waals surface area contributed by atoms with Gasteiger partial charge in [0, 0.05) is 22.9 Å². The molecule has 3 aromatic rings. The van der Waals surface area contributed by atoms with Gasteiger partial charge in [-0.25, -0.2) is 0 Å². The Morgan fingerprint density at radius 3 is 2.27 bits per heavy atom. The smallest absolute Gasteiger partial charge is 0.265 e. The zero-order valence-electron chi connectivity index (χ0n) is 16.5. The first-order valence-corrected chi connectivity index (χ1v) is 9.67. The average Bonchev–Trinajstić information content (AvgIpc) is 2.79. The molecule has 0 aromatic heterocycles. The molecule has 4 rings (SSSR count). The number of nitrogens with one attached hydrogen (secondary N) is 1. The van der Waals surface area contributed by atoms with Crippen molar-refractivity contribution in [3.63, 3.8) is 0 Å². The van der Waals surface area contributed by atoms with Crippen LogP contribution in [0.1, 0.15) is 22.8 Å². The molecule has 1 heterocycles. The highest BCUT2D eigenvalue weighted by atomic mass is 16.6. The third kappa shape index (κ3) is 4.43. The van der Waals surface area contributed by atoms with Crippen LogP contribution >= 0.6 is 0 Å². The number of ketones is 1. The minimum Gasteiger partial charge on any atom is -0.486 e. The topological polar surface area (TPSA) is 73.9 Å². The van der Waals surface area contributed by atoms with Crippen LogP contribution in [-0.4, -0.2) is 31.0 Å². The zero-order chi connectivity index (χ0) is 20.9. The number of amides is 1. The van der Waals surface area contributed by atoms with E-state index in [9.17, 15) is 9.59 Å². The highest BCUT2D eigenvalue weighted by Gasteiger charge is 2.18. The second kappa shape index (κ2) is 8.69. The van der Waals surface area contributed by atoms with E-state index in [0.717, 1.165) is 0 Å². The standard InChI is InChI=1S/C24H21NO5/c1-16(24(27)25-19-9-12-21-22(15-19)29-14-13-28-21)30-20-10-7-18(8-11-20)23(26)17-5-3-2-4-6-17/h2-12,15-16H,13-14H2,1H3,(H,25,27)/t16-/m1/s1. The molecule has 1 atom stereocenters. The quantitative estimate of drug-likeness (QED) is 0.628. The van der Waals surface area contributed by atoms with Gasteiger partial charge >= 0.3 is 0 Å². The lowest BCUT2D eigenvalue weighted by Crippen LogP contribution is -2.30. The van der Waals surface area contributed by atoms with E-state index in [-0.39, 0.29) is 11.7 Å². The molecule has 1 N–H and O–H groups in total. The summed E-state index contributed by atoms with van der Waals surface area (Å²) in [5.41, 5.74) is 1.78. The fourth-order valence-corrected chi connectivity index (χ4v) is 3.06. The number of hydrogen-bond donors (Lipinski definition) is 1. The molecule has 1 amide bonds. The van der Waals surface area contributed by atoms with Gasteiger partial charge in [0.15, 0.2) is 23.4 Å². The van der Waals surface area contributed by atoms with E-state index in [2.05, 4.69) is 5.32 Å². The van der Waals surface area contributed by atoms with Crippen LogP contribution < -0.4 is 19.5 Å². The van der Waals surface area contributed by atoms with Crippen molar-refractivity contribution in [2.24, 2.45) is 0 Å². The van der Waals surface area contributed by atoms with Gasteiger partial charge in [-0.1, -0.05) is 30.3 Å². The molecule has 1 aliphatic rings. The van der Waals surface area contributed by atoms with E-state index in [1.165, 1.54) is 0 Å². The van der Waals surface area contributed by atoms with Gasteiger partial charge in [0.25, 0.3) is 5.91 Å². The molecule has 0 radical (unpaired) electrons. The van der Waals surface area contributed by atoms with Crippen LogP contribution in [0.15, 0.2) is 72.8 Å². The molecule has 0 spiro atoms. The summed E-state index contributed by atoms with van der Waals surface area (Å²) >= 11 is 0. The van der Waals surface area contributed by atoms with E-state index >= 15 is 0 Å². The van der Waals surface area contributed by atoms with Crippen LogP contribution in [-0.2, 0) is 4.79 Å². The highest BCUT2D eigenvalue weighted by molar-refractivity contribution is 6.09. The third-order valence-corrected chi connectivity index (χ3v) is 4.64. The molecule has 6 nitrogen and oxygen atoms in total. The molecule has 0 bridgehead atoms. The number of benzene rings is 3. The Hall–Kier alpha value is -3.80. The maximum absolute atomic E-state index is 12.5. The zero-order valence-corrected chi connectivity index (χ0v) is 16.5. The molecular weight excluding hydrogens is 382 g/mol. The van der Waals surface area contributed by atoms with Gasteiger partial charge in [-0.3, -0.25) is 9.59 Å². The lowest BCUT2D eigenvalue weighted by molar-refractivity contribution is -0.122. The number of carbonyl (C=O) groups excluding carboxylic acids is 2. The van der Waals surface area contributed by atoms with Gasteiger partial charge in [0.1, 0.15) is 19.0 Å². The van der Waals surface area contributed by atoms with Crippen molar-refractivity contribution in [2.45, 2.75) is 13.0 Å². The summed E-state index contributed by atoms with van der Waals surface area (Å²) in [6, 6.07) is 21.1. The predicted molar refractivity (Wildman–Crippen MR) is 112 cm³/mol. The van der Waals surface area contributed by atoms with Crippen molar-refractivity contribution in [2.75, 3.05) is 18.5 Å². The summed E-state index contributed by atoms with van der Waals surface area (Å²) in [6.07, 6.45) is -0.728. The Morgan fingerprint density at radius 1 is 0.867 bits per heavy atom. The minimum atomic E-state index is -0.728. The van der Waals surface area contributed by atoms with Gasteiger partial charge in [-0.2, -0.15) is 0 Å². The highest BCUT2D eigenvalue weighted by Crippen LogP contribution is 2.32. The van der Waals surface area contributed by atoms with Crippen molar-refractivity contribution in [3.05, 3.63) is 83.9 Å². The lowest BCUT2D eigenvalue weighted by Gasteiger charge is -2.19. The number of hydrogen-bond acceptors (Lipinski definition) is 5. The van der Waals surface area contributed by atoms with Crippen molar-refractivity contribution in [3.8, 4) is 17.2 Å². The first-order chi connectivity index (χ1) is 14.6. The Kier molecular flexibility index (Phi) is 5.66. The van der Waals surface area contributed by atoms with Gasteiger partial charge in [-0.15, -0.1) is 0 Å². The summed E-state index contributed by atoms with van der Waals surface area (Å²) < 4.78 is 16.7. The monoisotopic (exact) mass is 403 g/mol. The Morgan fingerprint density at radius 2 is 1.53 bits per heavy atom. The number of anilines is 1. The van der Waals surface area contributed by atoms with Crippen LogP contribution in [0, 0.1) is 0 Å². The van der Waals surface area contributed by atoms with Gasteiger partial charge < -0.3 is 19.5 Å². The van der Waals surface area contributed by atoms with Crippen molar-refractivity contribution in [1.82, 2.24) is 0 Å². The first kappa shape index (κ1) is 19.5. The summed E-state index contributed by atoms with van der Waals surface area (Å²) in [7, 11) is 0. The van der Waals surface area contributed by atoms with Gasteiger partial charge in [-0.05, 0) is 43.3 Å². The number of rotatable bonds is 6. The molecule has 152 valence electrons. The van der Waals surface area contributed by atoms with E-state index < -0.39 is 6.10 Å². The Balaban J connectivity index is 1.37. The molecular formula is C24H21NO5. The SMILES string of the molecule is C[C@@H](Oc1ccc(C(=O)c2ccccc2)cc1)C(=O)Nc1ccc2c(c1)OCCO2. The molecule has 0 saturated carbocycles. The Bertz CT molecular complexity index is 1050. The normalized spacial score (nSPS) is 13.2. The van der Waals surface area contributed by atoms with Crippen molar-refractivity contribution >= 4 is 17.4 Å². The summed E-state index contributed by atoms with van der Waals surface area (Å²) in [4.78, 5) is 25.0. The maximum atomic E-state index is 12.5. The summed E-state index contributed by atoms with van der Waals surface area (Å²) in [5, 5.41) is 2.81. The molecule has 0 aliphatic carbocycles. The van der Waals surface area contributed by atoms with Gasteiger partial charge in [0.05, 0.1) is 0 Å². The molecule has 0 fully saturated rings. The van der Waals surface area contributed by atoms with Crippen LogP contribution in [0.2, 0.25) is 0 Å². The van der Waals surface area contributed by atoms with E-state index in [4.69, 9.17) is 14.2 Å². The van der Waals surface area contributed by atoms with E-state index in [1.807, 2.05) is 18.2 Å². The maximum Gasteiger partial charge on any atom is 0.265 e. The first-order valence-electron chi connectivity index (χ1n) is 9.67. The van der Waals surface area contributed by atoms with E-state index in [1.54, 1.807) is 61.5 Å². The number of carbonyl (C=O) groups is 2.